The number of halogens is 1. The Morgan fingerprint density at radius 2 is 1.96 bits per heavy atom. The van der Waals surface area contributed by atoms with Crippen LogP contribution in [0.3, 0.4) is 0 Å². The largest absolute Gasteiger partial charge is 0.491 e. The number of rotatable bonds is 7. The lowest BCUT2D eigenvalue weighted by Gasteiger charge is -2.39. The Morgan fingerprint density at radius 1 is 1.12 bits per heavy atom. The highest BCUT2D eigenvalue weighted by atomic mass is 19.1. The molecule has 1 fully saturated rings. The molecule has 2 heterocycles. The van der Waals surface area contributed by atoms with Crippen molar-refractivity contribution in [2.75, 3.05) is 38.1 Å². The van der Waals surface area contributed by atoms with E-state index in [1.807, 2.05) is 42.5 Å². The summed E-state index contributed by atoms with van der Waals surface area (Å²) in [6.07, 6.45) is 0.159. The van der Waals surface area contributed by atoms with Gasteiger partial charge < -0.3 is 14.8 Å². The molecule has 2 aromatic rings. The average Bonchev–Trinajstić information content (AvgIpc) is 3.08. The zero-order chi connectivity index (χ0) is 17.1. The van der Waals surface area contributed by atoms with Crippen molar-refractivity contribution < 1.29 is 13.9 Å². The van der Waals surface area contributed by atoms with Crippen LogP contribution in [0.25, 0.3) is 0 Å². The molecule has 2 aromatic carbocycles. The topological polar surface area (TPSA) is 33.7 Å². The average molecular weight is 342 g/mol. The molecule has 132 valence electrons. The Bertz CT molecular complexity index is 704. The zero-order valence-electron chi connectivity index (χ0n) is 14.2. The Labute approximate surface area is 147 Å². The molecule has 1 unspecified atom stereocenters. The Balaban J connectivity index is 1.20. The number of nitrogens with zero attached hydrogens (tertiary/aromatic N) is 1. The summed E-state index contributed by atoms with van der Waals surface area (Å²) in [7, 11) is 0. The third-order valence-electron chi connectivity index (χ3n) is 4.67. The Kier molecular flexibility index (Phi) is 4.74. The number of hydrogen-bond acceptors (Lipinski definition) is 4. The van der Waals surface area contributed by atoms with Crippen molar-refractivity contribution in [2.45, 2.75) is 18.7 Å². The van der Waals surface area contributed by atoms with E-state index in [0.29, 0.717) is 12.3 Å². The van der Waals surface area contributed by atoms with Gasteiger partial charge in [-0.05, 0) is 30.7 Å². The van der Waals surface area contributed by atoms with Crippen molar-refractivity contribution in [1.82, 2.24) is 4.90 Å². The normalized spacial score (nSPS) is 18.1. The van der Waals surface area contributed by atoms with Crippen LogP contribution in [0.15, 0.2) is 48.5 Å². The second-order valence-electron chi connectivity index (χ2n) is 6.64. The second kappa shape index (κ2) is 7.31. The molecule has 0 aromatic heterocycles. The number of nitrogens with one attached hydrogen (secondary N) is 1. The molecule has 0 spiro atoms. The van der Waals surface area contributed by atoms with E-state index in [2.05, 4.69) is 16.3 Å². The van der Waals surface area contributed by atoms with Gasteiger partial charge in [0.2, 0.25) is 0 Å². The molecule has 0 saturated carbocycles. The maximum Gasteiger partial charge on any atom is 0.147 e. The van der Waals surface area contributed by atoms with Crippen LogP contribution in [0.1, 0.15) is 5.56 Å². The fourth-order valence-electron chi connectivity index (χ4n) is 3.38. The van der Waals surface area contributed by atoms with Gasteiger partial charge in [-0.2, -0.15) is 0 Å². The number of benzene rings is 2. The van der Waals surface area contributed by atoms with E-state index in [1.165, 1.54) is 11.3 Å². The van der Waals surface area contributed by atoms with E-state index in [1.54, 1.807) is 0 Å². The molecule has 2 aliphatic heterocycles. The van der Waals surface area contributed by atoms with Crippen LogP contribution < -0.4 is 14.8 Å². The highest BCUT2D eigenvalue weighted by Crippen LogP contribution is 2.32. The van der Waals surface area contributed by atoms with Crippen LogP contribution in [0.4, 0.5) is 10.1 Å². The van der Waals surface area contributed by atoms with Gasteiger partial charge >= 0.3 is 0 Å². The maximum absolute atomic E-state index is 14.1. The van der Waals surface area contributed by atoms with Gasteiger partial charge in [-0.3, -0.25) is 4.90 Å². The van der Waals surface area contributed by atoms with E-state index in [0.717, 1.165) is 31.8 Å². The minimum atomic E-state index is -0.994. The first kappa shape index (κ1) is 16.2. The van der Waals surface area contributed by atoms with Crippen LogP contribution in [0, 0.1) is 0 Å². The molecule has 1 saturated heterocycles. The Hall–Kier alpha value is -2.27. The first-order valence-electron chi connectivity index (χ1n) is 8.84. The fraction of sp³-hybridized carbons (Fsp3) is 0.400. The van der Waals surface area contributed by atoms with Gasteiger partial charge in [0.15, 0.2) is 0 Å². The third-order valence-corrected chi connectivity index (χ3v) is 4.67. The van der Waals surface area contributed by atoms with Gasteiger partial charge in [0.05, 0.1) is 0 Å². The lowest BCUT2D eigenvalue weighted by molar-refractivity contribution is -0.000153. The summed E-state index contributed by atoms with van der Waals surface area (Å²) in [4.78, 5) is 2.07. The molecule has 1 atom stereocenters. The Morgan fingerprint density at radius 3 is 2.80 bits per heavy atom. The number of likely N-dealkylation sites (tertiary alicyclic amines) is 1. The lowest BCUT2D eigenvalue weighted by Crippen LogP contribution is -2.55. The van der Waals surface area contributed by atoms with E-state index in [4.69, 9.17) is 9.47 Å². The van der Waals surface area contributed by atoms with Crippen molar-refractivity contribution in [3.63, 3.8) is 0 Å². The monoisotopic (exact) mass is 342 g/mol. The number of ether oxygens (including phenoxy) is 2. The van der Waals surface area contributed by atoms with Crippen LogP contribution >= 0.6 is 0 Å². The molecule has 1 N–H and O–H groups in total. The molecule has 25 heavy (non-hydrogen) atoms. The van der Waals surface area contributed by atoms with Crippen molar-refractivity contribution in [3.05, 3.63) is 54.1 Å². The molecule has 4 rings (SSSR count). The van der Waals surface area contributed by atoms with E-state index >= 15 is 0 Å². The SMILES string of the molecule is FC(COc1ccccc1)CN1CC(Oc2cccc3c2CCN3)C1. The standard InChI is InChI=1S/C20H23FN2O2/c21-15(14-24-16-5-2-1-3-6-16)11-23-12-17(13-23)25-20-8-4-7-19-18(20)9-10-22-19/h1-8,15,17,22H,9-14H2. The van der Waals surface area contributed by atoms with Gasteiger partial charge in [0.25, 0.3) is 0 Å². The van der Waals surface area contributed by atoms with Crippen molar-refractivity contribution in [1.29, 1.82) is 0 Å². The lowest BCUT2D eigenvalue weighted by atomic mass is 10.1. The molecule has 2 aliphatic rings. The van der Waals surface area contributed by atoms with Crippen LogP contribution in [0.5, 0.6) is 11.5 Å². The van der Waals surface area contributed by atoms with Crippen LogP contribution in [-0.4, -0.2) is 50.0 Å². The van der Waals surface area contributed by atoms with Crippen molar-refractivity contribution in [3.8, 4) is 11.5 Å². The van der Waals surface area contributed by atoms with Gasteiger partial charge in [-0.25, -0.2) is 4.39 Å². The summed E-state index contributed by atoms with van der Waals surface area (Å²) < 4.78 is 25.6. The summed E-state index contributed by atoms with van der Waals surface area (Å²) in [6, 6.07) is 15.5. The van der Waals surface area contributed by atoms with Gasteiger partial charge in [-0.15, -0.1) is 0 Å². The summed E-state index contributed by atoms with van der Waals surface area (Å²) in [5.74, 6) is 1.68. The van der Waals surface area contributed by atoms with E-state index in [-0.39, 0.29) is 12.7 Å². The summed E-state index contributed by atoms with van der Waals surface area (Å²) in [6.45, 7) is 2.98. The van der Waals surface area contributed by atoms with Crippen molar-refractivity contribution >= 4 is 5.69 Å². The molecule has 0 radical (unpaired) electrons. The third kappa shape index (κ3) is 3.87. The van der Waals surface area contributed by atoms with Gasteiger partial charge in [-0.1, -0.05) is 24.3 Å². The fourth-order valence-corrected chi connectivity index (χ4v) is 3.38. The predicted molar refractivity (Wildman–Crippen MR) is 96.3 cm³/mol. The van der Waals surface area contributed by atoms with E-state index < -0.39 is 6.17 Å². The quantitative estimate of drug-likeness (QED) is 0.838. The highest BCUT2D eigenvalue weighted by molar-refractivity contribution is 5.61. The number of para-hydroxylation sites is 1. The molecule has 5 heteroatoms. The van der Waals surface area contributed by atoms with Gasteiger partial charge in [0.1, 0.15) is 30.4 Å². The maximum atomic E-state index is 14.1. The zero-order valence-corrected chi connectivity index (χ0v) is 14.2. The number of fused-ring (bicyclic) bond motifs is 1. The van der Waals surface area contributed by atoms with Gasteiger partial charge in [0, 0.05) is 37.4 Å². The van der Waals surface area contributed by atoms with Crippen molar-refractivity contribution in [2.24, 2.45) is 0 Å². The molecule has 4 nitrogen and oxygen atoms in total. The molecule has 0 amide bonds. The van der Waals surface area contributed by atoms with Crippen LogP contribution in [-0.2, 0) is 6.42 Å². The first-order valence-corrected chi connectivity index (χ1v) is 8.84. The highest BCUT2D eigenvalue weighted by Gasteiger charge is 2.31. The number of anilines is 1. The number of hydrogen-bond donors (Lipinski definition) is 1. The summed E-state index contributed by atoms with van der Waals surface area (Å²) in [5.41, 5.74) is 2.44. The minimum absolute atomic E-state index is 0.0872. The number of alkyl halides is 1. The van der Waals surface area contributed by atoms with E-state index in [9.17, 15) is 4.39 Å². The van der Waals surface area contributed by atoms with Crippen LogP contribution in [0.2, 0.25) is 0 Å². The predicted octanol–water partition coefficient (Wildman–Crippen LogP) is 3.13. The minimum Gasteiger partial charge on any atom is -0.491 e. The molecular weight excluding hydrogens is 319 g/mol. The first-order chi connectivity index (χ1) is 12.3. The molecule has 0 aliphatic carbocycles. The summed E-state index contributed by atoms with van der Waals surface area (Å²) in [5, 5.41) is 3.36. The second-order valence-corrected chi connectivity index (χ2v) is 6.64. The smallest absolute Gasteiger partial charge is 0.147 e. The summed E-state index contributed by atoms with van der Waals surface area (Å²) >= 11 is 0. The molecule has 0 bridgehead atoms. The molecular formula is C20H23FN2O2.